The first kappa shape index (κ1) is 24.7. The van der Waals surface area contributed by atoms with Crippen LogP contribution in [0.1, 0.15) is 44.9 Å². The normalized spacial score (nSPS) is 11.0. The number of hydrogen-bond donors (Lipinski definition) is 0. The molecule has 6 heteroatoms. The second-order valence-electron chi connectivity index (χ2n) is 8.31. The molecule has 0 saturated carbocycles. The van der Waals surface area contributed by atoms with E-state index in [1.807, 2.05) is 85.9 Å². The molecule has 1 aromatic carbocycles. The molecule has 0 bridgehead atoms. The van der Waals surface area contributed by atoms with Gasteiger partial charge in [-0.2, -0.15) is 0 Å². The van der Waals surface area contributed by atoms with Crippen molar-refractivity contribution in [3.8, 4) is 0 Å². The zero-order valence-corrected chi connectivity index (χ0v) is 19.4. The Labute approximate surface area is 186 Å². The molecule has 0 aliphatic heterocycles. The highest BCUT2D eigenvalue weighted by Gasteiger charge is 2.22. The number of carbonyl (C=O) groups is 2. The standard InChI is InChI=1S/C25H37N3O3/c1-5-31-16-10-15-27(24(29)17-21(2)3)20-25(30)28(18-22-11-7-6-8-12-22)19-23-13-9-14-26(23)4/h6-9,11-14,21H,5,10,15-20H2,1-4H3. The van der Waals surface area contributed by atoms with E-state index in [1.54, 1.807) is 4.90 Å². The lowest BCUT2D eigenvalue weighted by Gasteiger charge is -2.28. The van der Waals surface area contributed by atoms with Crippen molar-refractivity contribution in [2.24, 2.45) is 13.0 Å². The predicted octanol–water partition coefficient (Wildman–Crippen LogP) is 3.86. The average molecular weight is 428 g/mol. The Bertz CT molecular complexity index is 801. The van der Waals surface area contributed by atoms with Crippen LogP contribution in [0.3, 0.4) is 0 Å². The number of amides is 2. The van der Waals surface area contributed by atoms with Crippen molar-refractivity contribution in [3.05, 3.63) is 59.9 Å². The third-order valence-corrected chi connectivity index (χ3v) is 5.16. The van der Waals surface area contributed by atoms with E-state index < -0.39 is 0 Å². The van der Waals surface area contributed by atoms with Gasteiger partial charge in [-0.05, 0) is 37.0 Å². The van der Waals surface area contributed by atoms with Gasteiger partial charge >= 0.3 is 0 Å². The minimum Gasteiger partial charge on any atom is -0.382 e. The third-order valence-electron chi connectivity index (χ3n) is 5.16. The van der Waals surface area contributed by atoms with Crippen molar-refractivity contribution in [1.29, 1.82) is 0 Å². The zero-order chi connectivity index (χ0) is 22.6. The van der Waals surface area contributed by atoms with Crippen LogP contribution in [0.2, 0.25) is 0 Å². The molecule has 0 aliphatic rings. The Hall–Kier alpha value is -2.60. The molecule has 31 heavy (non-hydrogen) atoms. The predicted molar refractivity (Wildman–Crippen MR) is 123 cm³/mol. The second-order valence-corrected chi connectivity index (χ2v) is 8.31. The van der Waals surface area contributed by atoms with Crippen LogP contribution in [0.15, 0.2) is 48.7 Å². The second kappa shape index (κ2) is 13.0. The maximum Gasteiger partial charge on any atom is 0.242 e. The fourth-order valence-corrected chi connectivity index (χ4v) is 3.43. The number of hydrogen-bond acceptors (Lipinski definition) is 3. The summed E-state index contributed by atoms with van der Waals surface area (Å²) in [7, 11) is 1.98. The molecular weight excluding hydrogens is 390 g/mol. The SMILES string of the molecule is CCOCCCN(CC(=O)N(Cc1ccccc1)Cc1cccn1C)C(=O)CC(C)C. The highest BCUT2D eigenvalue weighted by molar-refractivity contribution is 5.85. The number of aromatic nitrogens is 1. The van der Waals surface area contributed by atoms with Gasteiger partial charge in [0.25, 0.3) is 0 Å². The highest BCUT2D eigenvalue weighted by atomic mass is 16.5. The van der Waals surface area contributed by atoms with Crippen molar-refractivity contribution >= 4 is 11.8 Å². The van der Waals surface area contributed by atoms with Crippen molar-refractivity contribution in [2.45, 2.75) is 46.7 Å². The molecule has 6 nitrogen and oxygen atoms in total. The number of aryl methyl sites for hydroxylation is 1. The largest absolute Gasteiger partial charge is 0.382 e. The number of ether oxygens (including phenoxy) is 1. The van der Waals surface area contributed by atoms with Gasteiger partial charge in [-0.3, -0.25) is 9.59 Å². The molecule has 0 radical (unpaired) electrons. The van der Waals surface area contributed by atoms with E-state index >= 15 is 0 Å². The molecule has 0 unspecified atom stereocenters. The monoisotopic (exact) mass is 427 g/mol. The van der Waals surface area contributed by atoms with Crippen LogP contribution in [-0.4, -0.2) is 52.5 Å². The number of nitrogens with zero attached hydrogens (tertiary/aromatic N) is 3. The summed E-state index contributed by atoms with van der Waals surface area (Å²) in [6, 6.07) is 14.0. The molecule has 170 valence electrons. The summed E-state index contributed by atoms with van der Waals surface area (Å²) >= 11 is 0. The third kappa shape index (κ3) is 8.58. The summed E-state index contributed by atoms with van der Waals surface area (Å²) in [6.45, 7) is 8.88. The topological polar surface area (TPSA) is 54.8 Å². The van der Waals surface area contributed by atoms with E-state index in [2.05, 4.69) is 0 Å². The van der Waals surface area contributed by atoms with Gasteiger partial charge < -0.3 is 19.1 Å². The van der Waals surface area contributed by atoms with Crippen LogP contribution in [0.25, 0.3) is 0 Å². The van der Waals surface area contributed by atoms with Gasteiger partial charge in [0.05, 0.1) is 13.1 Å². The fourth-order valence-electron chi connectivity index (χ4n) is 3.43. The molecule has 2 aromatic rings. The van der Waals surface area contributed by atoms with Gasteiger partial charge in [-0.15, -0.1) is 0 Å². The van der Waals surface area contributed by atoms with Gasteiger partial charge in [-0.1, -0.05) is 44.2 Å². The fraction of sp³-hybridized carbons (Fsp3) is 0.520. The molecule has 0 fully saturated rings. The molecule has 1 aromatic heterocycles. The lowest BCUT2D eigenvalue weighted by Crippen LogP contribution is -2.43. The van der Waals surface area contributed by atoms with E-state index in [9.17, 15) is 9.59 Å². The van der Waals surface area contributed by atoms with Gasteiger partial charge in [0.15, 0.2) is 0 Å². The average Bonchev–Trinajstić information content (AvgIpc) is 3.14. The van der Waals surface area contributed by atoms with Crippen LogP contribution in [0.5, 0.6) is 0 Å². The maximum atomic E-state index is 13.4. The van der Waals surface area contributed by atoms with Crippen molar-refractivity contribution in [2.75, 3.05) is 26.3 Å². The first-order valence-corrected chi connectivity index (χ1v) is 11.2. The summed E-state index contributed by atoms with van der Waals surface area (Å²) in [6.07, 6.45) is 3.15. The lowest BCUT2D eigenvalue weighted by molar-refractivity contribution is -0.141. The van der Waals surface area contributed by atoms with Gasteiger partial charge in [0, 0.05) is 51.7 Å². The molecule has 0 saturated heterocycles. The minimum absolute atomic E-state index is 0.0263. The van der Waals surface area contributed by atoms with Crippen molar-refractivity contribution in [3.63, 3.8) is 0 Å². The van der Waals surface area contributed by atoms with Crippen molar-refractivity contribution in [1.82, 2.24) is 14.4 Å². The van der Waals surface area contributed by atoms with Crippen LogP contribution >= 0.6 is 0 Å². The van der Waals surface area contributed by atoms with E-state index in [-0.39, 0.29) is 24.3 Å². The Morgan fingerprint density at radius 2 is 1.74 bits per heavy atom. The Morgan fingerprint density at radius 3 is 2.35 bits per heavy atom. The molecule has 0 aliphatic carbocycles. The van der Waals surface area contributed by atoms with Crippen LogP contribution in [0.4, 0.5) is 0 Å². The van der Waals surface area contributed by atoms with E-state index in [0.29, 0.717) is 39.3 Å². The number of carbonyl (C=O) groups excluding carboxylic acids is 2. The summed E-state index contributed by atoms with van der Waals surface area (Å²) in [5, 5.41) is 0. The van der Waals surface area contributed by atoms with Gasteiger partial charge in [0.2, 0.25) is 11.8 Å². The van der Waals surface area contributed by atoms with Gasteiger partial charge in [0.1, 0.15) is 0 Å². The summed E-state index contributed by atoms with van der Waals surface area (Å²) in [4.78, 5) is 29.7. The molecule has 0 spiro atoms. The molecular formula is C25H37N3O3. The number of rotatable bonds is 13. The van der Waals surface area contributed by atoms with Crippen LogP contribution in [-0.2, 0) is 34.5 Å². The Balaban J connectivity index is 2.13. The van der Waals surface area contributed by atoms with E-state index in [0.717, 1.165) is 17.7 Å². The number of benzene rings is 1. The Morgan fingerprint density at radius 1 is 1.00 bits per heavy atom. The molecule has 2 amide bonds. The lowest BCUT2D eigenvalue weighted by atomic mass is 10.1. The maximum absolute atomic E-state index is 13.4. The molecule has 2 rings (SSSR count). The summed E-state index contributed by atoms with van der Waals surface area (Å²) in [5.74, 6) is 0.234. The van der Waals surface area contributed by atoms with E-state index in [4.69, 9.17) is 4.74 Å². The molecule has 0 atom stereocenters. The van der Waals surface area contributed by atoms with Crippen LogP contribution in [0, 0.1) is 5.92 Å². The first-order chi connectivity index (χ1) is 14.9. The first-order valence-electron chi connectivity index (χ1n) is 11.2. The zero-order valence-electron chi connectivity index (χ0n) is 19.4. The highest BCUT2D eigenvalue weighted by Crippen LogP contribution is 2.13. The quantitative estimate of drug-likeness (QED) is 0.456. The smallest absolute Gasteiger partial charge is 0.242 e. The summed E-state index contributed by atoms with van der Waals surface area (Å²) in [5.41, 5.74) is 2.13. The summed E-state index contributed by atoms with van der Waals surface area (Å²) < 4.78 is 7.45. The van der Waals surface area contributed by atoms with Crippen molar-refractivity contribution < 1.29 is 14.3 Å². The molecule has 1 heterocycles. The molecule has 0 N–H and O–H groups in total. The Kier molecular flexibility index (Phi) is 10.3. The van der Waals surface area contributed by atoms with Crippen LogP contribution < -0.4 is 0 Å². The van der Waals surface area contributed by atoms with Gasteiger partial charge in [-0.25, -0.2) is 0 Å². The minimum atomic E-state index is -0.0430. The van der Waals surface area contributed by atoms with E-state index in [1.165, 1.54) is 0 Å².